The Bertz CT molecular complexity index is 481. The fourth-order valence-electron chi connectivity index (χ4n) is 1.46. The minimum atomic E-state index is -0.236. The summed E-state index contributed by atoms with van der Waals surface area (Å²) < 4.78 is 0. The molecule has 0 unspecified atom stereocenters. The molecule has 1 amide bonds. The van der Waals surface area contributed by atoms with Crippen LogP contribution < -0.4 is 11.1 Å². The third-order valence-corrected chi connectivity index (χ3v) is 3.83. The second-order valence-corrected chi connectivity index (χ2v) is 6.51. The molecule has 0 radical (unpaired) electrons. The predicted molar refractivity (Wildman–Crippen MR) is 81.5 cm³/mol. The van der Waals surface area contributed by atoms with Gasteiger partial charge in [0.1, 0.15) is 5.82 Å². The van der Waals surface area contributed by atoms with Crippen molar-refractivity contribution in [3.8, 4) is 0 Å². The molecule has 20 heavy (non-hydrogen) atoms. The maximum absolute atomic E-state index is 12.2. The van der Waals surface area contributed by atoms with Crippen LogP contribution in [0.2, 0.25) is 0 Å². The monoisotopic (exact) mass is 278 g/mol. The number of amides is 1. The van der Waals surface area contributed by atoms with Crippen molar-refractivity contribution in [3.63, 3.8) is 0 Å². The highest BCUT2D eigenvalue weighted by molar-refractivity contribution is 5.96. The van der Waals surface area contributed by atoms with Crippen molar-refractivity contribution in [2.45, 2.75) is 47.5 Å². The van der Waals surface area contributed by atoms with E-state index in [2.05, 4.69) is 43.0 Å². The summed E-state index contributed by atoms with van der Waals surface area (Å²) in [7, 11) is 0. The van der Waals surface area contributed by atoms with Gasteiger partial charge in [-0.05, 0) is 11.3 Å². The lowest BCUT2D eigenvalue weighted by atomic mass is 9.81. The van der Waals surface area contributed by atoms with E-state index in [1.165, 1.54) is 6.20 Å². The smallest absolute Gasteiger partial charge is 0.272 e. The van der Waals surface area contributed by atoms with Crippen molar-refractivity contribution in [2.24, 2.45) is 11.3 Å². The van der Waals surface area contributed by atoms with E-state index in [0.717, 1.165) is 0 Å². The van der Waals surface area contributed by atoms with Crippen molar-refractivity contribution >= 4 is 11.6 Å². The van der Waals surface area contributed by atoms with Crippen LogP contribution in [0.25, 0.3) is 0 Å². The topological polar surface area (TPSA) is 80.9 Å². The van der Waals surface area contributed by atoms with E-state index in [4.69, 9.17) is 5.73 Å². The first-order valence-electron chi connectivity index (χ1n) is 7.05. The van der Waals surface area contributed by atoms with Crippen LogP contribution in [0.15, 0.2) is 6.20 Å². The number of nitrogens with two attached hydrogens (primary N) is 1. The Morgan fingerprint density at radius 1 is 1.35 bits per heavy atom. The first-order chi connectivity index (χ1) is 9.15. The molecular weight excluding hydrogens is 252 g/mol. The Kier molecular flexibility index (Phi) is 5.09. The van der Waals surface area contributed by atoms with Gasteiger partial charge in [-0.2, -0.15) is 0 Å². The molecule has 112 valence electrons. The lowest BCUT2D eigenvalue weighted by molar-refractivity contribution is 0.0920. The summed E-state index contributed by atoms with van der Waals surface area (Å²) in [4.78, 5) is 20.6. The highest BCUT2D eigenvalue weighted by Crippen LogP contribution is 2.25. The quantitative estimate of drug-likeness (QED) is 0.867. The summed E-state index contributed by atoms with van der Waals surface area (Å²) in [6, 6.07) is 0. The molecule has 1 aromatic rings. The number of hydrogen-bond donors (Lipinski definition) is 2. The SMILES string of the molecule is CC(C)c1ncc(N)c(C(=O)NCC(C)(C)C(C)C)n1. The summed E-state index contributed by atoms with van der Waals surface area (Å²) >= 11 is 0. The zero-order valence-corrected chi connectivity index (χ0v) is 13.3. The van der Waals surface area contributed by atoms with Gasteiger partial charge in [-0.25, -0.2) is 9.97 Å². The number of nitrogens with one attached hydrogen (secondary N) is 1. The average molecular weight is 278 g/mol. The fraction of sp³-hybridized carbons (Fsp3) is 0.667. The van der Waals surface area contributed by atoms with Crippen LogP contribution in [0.5, 0.6) is 0 Å². The summed E-state index contributed by atoms with van der Waals surface area (Å²) in [6.07, 6.45) is 1.50. The van der Waals surface area contributed by atoms with E-state index in [0.29, 0.717) is 24.0 Å². The molecule has 1 heterocycles. The number of nitrogen functional groups attached to an aromatic ring is 1. The molecule has 0 fully saturated rings. The van der Waals surface area contributed by atoms with E-state index < -0.39 is 0 Å². The van der Waals surface area contributed by atoms with Crippen LogP contribution in [0.3, 0.4) is 0 Å². The maximum Gasteiger partial charge on any atom is 0.272 e. The van der Waals surface area contributed by atoms with Crippen LogP contribution in [0.4, 0.5) is 5.69 Å². The minimum absolute atomic E-state index is 0.0261. The van der Waals surface area contributed by atoms with Crippen molar-refractivity contribution < 1.29 is 4.79 Å². The van der Waals surface area contributed by atoms with Gasteiger partial charge in [0.2, 0.25) is 0 Å². The van der Waals surface area contributed by atoms with Gasteiger partial charge in [0, 0.05) is 12.5 Å². The summed E-state index contributed by atoms with van der Waals surface area (Å²) in [5.41, 5.74) is 6.41. The van der Waals surface area contributed by atoms with Gasteiger partial charge in [-0.15, -0.1) is 0 Å². The van der Waals surface area contributed by atoms with E-state index in [1.807, 2.05) is 13.8 Å². The Labute approximate surface area is 121 Å². The van der Waals surface area contributed by atoms with Crippen LogP contribution in [0.1, 0.15) is 63.8 Å². The molecule has 0 bridgehead atoms. The number of hydrogen-bond acceptors (Lipinski definition) is 4. The summed E-state index contributed by atoms with van der Waals surface area (Å²) in [5.74, 6) is 1.03. The first-order valence-corrected chi connectivity index (χ1v) is 7.05. The van der Waals surface area contributed by atoms with Gasteiger partial charge in [-0.3, -0.25) is 4.79 Å². The highest BCUT2D eigenvalue weighted by Gasteiger charge is 2.24. The molecule has 0 spiro atoms. The Balaban J connectivity index is 2.85. The van der Waals surface area contributed by atoms with Crippen LogP contribution >= 0.6 is 0 Å². The molecule has 1 aromatic heterocycles. The van der Waals surface area contributed by atoms with Gasteiger partial charge in [0.05, 0.1) is 11.9 Å². The van der Waals surface area contributed by atoms with Crippen molar-refractivity contribution in [1.29, 1.82) is 0 Å². The van der Waals surface area contributed by atoms with Crippen molar-refractivity contribution in [2.75, 3.05) is 12.3 Å². The molecule has 1 rings (SSSR count). The third-order valence-electron chi connectivity index (χ3n) is 3.83. The van der Waals surface area contributed by atoms with Gasteiger partial charge in [-0.1, -0.05) is 41.5 Å². The molecule has 5 heteroatoms. The van der Waals surface area contributed by atoms with Gasteiger partial charge >= 0.3 is 0 Å². The Morgan fingerprint density at radius 3 is 2.45 bits per heavy atom. The lowest BCUT2D eigenvalue weighted by Crippen LogP contribution is -2.37. The molecule has 0 aliphatic carbocycles. The predicted octanol–water partition coefficient (Wildman–Crippen LogP) is 2.59. The second kappa shape index (κ2) is 6.20. The second-order valence-electron chi connectivity index (χ2n) is 6.51. The number of carbonyl (C=O) groups is 1. The number of carbonyl (C=O) groups excluding carboxylic acids is 1. The third kappa shape index (κ3) is 3.92. The van der Waals surface area contributed by atoms with E-state index in [1.54, 1.807) is 0 Å². The van der Waals surface area contributed by atoms with Crippen LogP contribution in [-0.4, -0.2) is 22.4 Å². The first kappa shape index (κ1) is 16.4. The zero-order chi connectivity index (χ0) is 15.5. The number of aromatic nitrogens is 2. The van der Waals surface area contributed by atoms with E-state index in [9.17, 15) is 4.79 Å². The molecule has 0 aliphatic heterocycles. The lowest BCUT2D eigenvalue weighted by Gasteiger charge is -2.29. The molecular formula is C15H26N4O. The van der Waals surface area contributed by atoms with Gasteiger partial charge in [0.25, 0.3) is 5.91 Å². The standard InChI is InChI=1S/C15H26N4O/c1-9(2)13-17-7-11(16)12(19-13)14(20)18-8-15(5,6)10(3)4/h7,9-10H,8,16H2,1-6H3,(H,18,20). The largest absolute Gasteiger partial charge is 0.396 e. The number of rotatable bonds is 5. The number of nitrogens with zero attached hydrogens (tertiary/aromatic N) is 2. The van der Waals surface area contributed by atoms with Crippen LogP contribution in [-0.2, 0) is 0 Å². The molecule has 0 saturated carbocycles. The molecule has 3 N–H and O–H groups in total. The maximum atomic E-state index is 12.2. The van der Waals surface area contributed by atoms with E-state index >= 15 is 0 Å². The van der Waals surface area contributed by atoms with Crippen molar-refractivity contribution in [1.82, 2.24) is 15.3 Å². The Morgan fingerprint density at radius 2 is 1.95 bits per heavy atom. The molecule has 0 aromatic carbocycles. The summed E-state index contributed by atoms with van der Waals surface area (Å²) in [6.45, 7) is 13.1. The van der Waals surface area contributed by atoms with Gasteiger partial charge < -0.3 is 11.1 Å². The van der Waals surface area contributed by atoms with Crippen molar-refractivity contribution in [3.05, 3.63) is 17.7 Å². The molecule has 0 saturated heterocycles. The average Bonchev–Trinajstić information content (AvgIpc) is 2.36. The highest BCUT2D eigenvalue weighted by atomic mass is 16.1. The molecule has 0 aliphatic rings. The zero-order valence-electron chi connectivity index (χ0n) is 13.3. The Hall–Kier alpha value is -1.65. The minimum Gasteiger partial charge on any atom is -0.396 e. The normalized spacial score (nSPS) is 12.0. The molecule has 5 nitrogen and oxygen atoms in total. The van der Waals surface area contributed by atoms with E-state index in [-0.39, 0.29) is 22.9 Å². The van der Waals surface area contributed by atoms with Crippen LogP contribution in [0, 0.1) is 11.3 Å². The summed E-state index contributed by atoms with van der Waals surface area (Å²) in [5, 5.41) is 2.92. The van der Waals surface area contributed by atoms with Gasteiger partial charge in [0.15, 0.2) is 5.69 Å². The molecule has 0 atom stereocenters. The number of anilines is 1. The fourth-order valence-corrected chi connectivity index (χ4v) is 1.46.